The molecule has 1 amide bonds. The van der Waals surface area contributed by atoms with Crippen molar-refractivity contribution in [1.82, 2.24) is 4.90 Å². The fourth-order valence-electron chi connectivity index (χ4n) is 3.58. The van der Waals surface area contributed by atoms with Crippen LogP contribution in [0.5, 0.6) is 0 Å². The maximum Gasteiger partial charge on any atom is 0.222 e. The topological polar surface area (TPSA) is 40.5 Å². The summed E-state index contributed by atoms with van der Waals surface area (Å²) >= 11 is 0. The number of rotatable bonds is 2. The molecule has 2 fully saturated rings. The molecular formula is C16H29NO2. The van der Waals surface area contributed by atoms with E-state index in [1.807, 2.05) is 4.90 Å². The highest BCUT2D eigenvalue weighted by Crippen LogP contribution is 2.40. The number of β-amino-alcohol motifs (C(OH)–C–C–N with tert-alkyl or cyclic N) is 1. The van der Waals surface area contributed by atoms with E-state index in [0.717, 1.165) is 18.9 Å². The molecule has 0 aromatic heterocycles. The number of aliphatic hydroxyl groups is 1. The molecule has 1 saturated carbocycles. The Morgan fingerprint density at radius 3 is 2.26 bits per heavy atom. The van der Waals surface area contributed by atoms with Gasteiger partial charge < -0.3 is 10.0 Å². The van der Waals surface area contributed by atoms with Gasteiger partial charge >= 0.3 is 0 Å². The zero-order valence-corrected chi connectivity index (χ0v) is 12.7. The van der Waals surface area contributed by atoms with Crippen molar-refractivity contribution >= 4 is 5.91 Å². The van der Waals surface area contributed by atoms with Crippen molar-refractivity contribution in [1.29, 1.82) is 0 Å². The highest BCUT2D eigenvalue weighted by atomic mass is 16.3. The third-order valence-electron chi connectivity index (χ3n) is 5.05. The van der Waals surface area contributed by atoms with Gasteiger partial charge in [0.15, 0.2) is 0 Å². The van der Waals surface area contributed by atoms with Crippen LogP contribution in [0.25, 0.3) is 0 Å². The van der Waals surface area contributed by atoms with E-state index in [2.05, 4.69) is 20.8 Å². The molecule has 0 unspecified atom stereocenters. The normalized spacial score (nSPS) is 32.6. The summed E-state index contributed by atoms with van der Waals surface area (Å²) in [5.74, 6) is 1.65. The van der Waals surface area contributed by atoms with Crippen molar-refractivity contribution in [2.75, 3.05) is 13.1 Å². The third-order valence-corrected chi connectivity index (χ3v) is 5.05. The minimum atomic E-state index is -0.291. The van der Waals surface area contributed by atoms with Crippen molar-refractivity contribution in [3.63, 3.8) is 0 Å². The van der Waals surface area contributed by atoms with E-state index in [4.69, 9.17) is 0 Å². The average Bonchev–Trinajstić information content (AvgIpc) is 2.75. The zero-order valence-electron chi connectivity index (χ0n) is 12.7. The van der Waals surface area contributed by atoms with Gasteiger partial charge in [-0.15, -0.1) is 0 Å². The van der Waals surface area contributed by atoms with E-state index >= 15 is 0 Å². The van der Waals surface area contributed by atoms with Crippen LogP contribution in [0.1, 0.15) is 59.3 Å². The van der Waals surface area contributed by atoms with E-state index < -0.39 is 0 Å². The van der Waals surface area contributed by atoms with Crippen LogP contribution in [0, 0.1) is 17.3 Å². The molecule has 110 valence electrons. The van der Waals surface area contributed by atoms with E-state index in [9.17, 15) is 9.90 Å². The van der Waals surface area contributed by atoms with Crippen LogP contribution in [-0.2, 0) is 4.79 Å². The number of hydrogen-bond donors (Lipinski definition) is 1. The second-order valence-corrected chi connectivity index (χ2v) is 7.57. The van der Waals surface area contributed by atoms with Gasteiger partial charge in [0.1, 0.15) is 0 Å². The monoisotopic (exact) mass is 267 g/mol. The van der Waals surface area contributed by atoms with Gasteiger partial charge in [0.2, 0.25) is 5.91 Å². The molecule has 0 bridgehead atoms. The number of amides is 1. The minimum absolute atomic E-state index is 0.260. The summed E-state index contributed by atoms with van der Waals surface area (Å²) in [4.78, 5) is 14.0. The molecule has 3 nitrogen and oxygen atoms in total. The van der Waals surface area contributed by atoms with E-state index in [0.29, 0.717) is 24.3 Å². The average molecular weight is 267 g/mol. The fourth-order valence-corrected chi connectivity index (χ4v) is 3.58. The van der Waals surface area contributed by atoms with Crippen molar-refractivity contribution in [2.45, 2.75) is 65.4 Å². The van der Waals surface area contributed by atoms with Crippen LogP contribution in [0.4, 0.5) is 0 Å². The third kappa shape index (κ3) is 3.95. The van der Waals surface area contributed by atoms with Gasteiger partial charge in [-0.2, -0.15) is 0 Å². The first-order valence-corrected chi connectivity index (χ1v) is 7.82. The van der Waals surface area contributed by atoms with Gasteiger partial charge in [0, 0.05) is 19.5 Å². The van der Waals surface area contributed by atoms with Crippen molar-refractivity contribution in [2.24, 2.45) is 17.3 Å². The molecule has 2 rings (SSSR count). The first-order chi connectivity index (χ1) is 8.86. The summed E-state index contributed by atoms with van der Waals surface area (Å²) < 4.78 is 0. The van der Waals surface area contributed by atoms with Crippen LogP contribution < -0.4 is 0 Å². The molecule has 2 aliphatic rings. The highest BCUT2D eigenvalue weighted by molar-refractivity contribution is 5.76. The molecule has 0 radical (unpaired) electrons. The van der Waals surface area contributed by atoms with Gasteiger partial charge in [-0.25, -0.2) is 0 Å². The van der Waals surface area contributed by atoms with Crippen molar-refractivity contribution in [3.05, 3.63) is 0 Å². The second-order valence-electron chi connectivity index (χ2n) is 7.57. The number of nitrogens with zero attached hydrogens (tertiary/aromatic N) is 1. The summed E-state index contributed by atoms with van der Waals surface area (Å²) in [6, 6.07) is 0. The Morgan fingerprint density at radius 1 is 1.16 bits per heavy atom. The summed E-state index contributed by atoms with van der Waals surface area (Å²) in [5.41, 5.74) is 0.411. The Bertz CT molecular complexity index is 313. The highest BCUT2D eigenvalue weighted by Gasteiger charge is 2.32. The first kappa shape index (κ1) is 14.8. The van der Waals surface area contributed by atoms with Gasteiger partial charge in [0.05, 0.1) is 6.10 Å². The molecule has 1 N–H and O–H groups in total. The second kappa shape index (κ2) is 5.82. The van der Waals surface area contributed by atoms with Crippen LogP contribution in [0.3, 0.4) is 0 Å². The molecule has 1 atom stereocenters. The number of carbonyl (C=O) groups excluding carboxylic acids is 1. The number of carbonyl (C=O) groups is 1. The van der Waals surface area contributed by atoms with E-state index in [1.165, 1.54) is 25.7 Å². The number of likely N-dealkylation sites (tertiary alicyclic amines) is 1. The number of hydrogen-bond acceptors (Lipinski definition) is 2. The molecule has 1 aliphatic carbocycles. The molecule has 1 aliphatic heterocycles. The van der Waals surface area contributed by atoms with E-state index in [1.54, 1.807) is 0 Å². The van der Waals surface area contributed by atoms with Gasteiger partial charge in [-0.1, -0.05) is 20.8 Å². The maximum absolute atomic E-state index is 12.2. The SMILES string of the molecule is CC(C)(C)C1CCC(CC(=O)N2CC[C@H](O)C2)CC1. The van der Waals surface area contributed by atoms with Crippen molar-refractivity contribution < 1.29 is 9.90 Å². The Kier molecular flexibility index (Phi) is 4.54. The van der Waals surface area contributed by atoms with E-state index in [-0.39, 0.29) is 12.0 Å². The lowest BCUT2D eigenvalue weighted by Gasteiger charge is -2.37. The van der Waals surface area contributed by atoms with Crippen molar-refractivity contribution in [3.8, 4) is 0 Å². The Morgan fingerprint density at radius 2 is 1.79 bits per heavy atom. The fraction of sp³-hybridized carbons (Fsp3) is 0.938. The molecule has 1 heterocycles. The van der Waals surface area contributed by atoms with Crippen LogP contribution in [-0.4, -0.2) is 35.1 Å². The Balaban J connectivity index is 1.75. The van der Waals surface area contributed by atoms with Crippen LogP contribution in [0.2, 0.25) is 0 Å². The lowest BCUT2D eigenvalue weighted by atomic mass is 9.69. The zero-order chi connectivity index (χ0) is 14.0. The summed E-state index contributed by atoms with van der Waals surface area (Å²) in [7, 11) is 0. The predicted octanol–water partition coefficient (Wildman–Crippen LogP) is 2.82. The van der Waals surface area contributed by atoms with Gasteiger partial charge in [-0.05, 0) is 49.4 Å². The first-order valence-electron chi connectivity index (χ1n) is 7.82. The maximum atomic E-state index is 12.2. The molecule has 0 aromatic carbocycles. The minimum Gasteiger partial charge on any atom is -0.391 e. The molecule has 1 saturated heterocycles. The molecule has 0 aromatic rings. The molecule has 3 heteroatoms. The summed E-state index contributed by atoms with van der Waals surface area (Å²) in [5, 5.41) is 9.48. The van der Waals surface area contributed by atoms with Gasteiger partial charge in [0.25, 0.3) is 0 Å². The Hall–Kier alpha value is -0.570. The molecule has 0 spiro atoms. The largest absolute Gasteiger partial charge is 0.391 e. The number of aliphatic hydroxyl groups excluding tert-OH is 1. The molecular weight excluding hydrogens is 238 g/mol. The summed E-state index contributed by atoms with van der Waals surface area (Å²) in [6.07, 6.45) is 6.09. The Labute approximate surface area is 117 Å². The van der Waals surface area contributed by atoms with Crippen LogP contribution >= 0.6 is 0 Å². The standard InChI is InChI=1S/C16H29NO2/c1-16(2,3)13-6-4-12(5-7-13)10-15(19)17-9-8-14(18)11-17/h12-14,18H,4-11H2,1-3H3/t12?,13?,14-/m0/s1. The quantitative estimate of drug-likeness (QED) is 0.836. The predicted molar refractivity (Wildman–Crippen MR) is 76.7 cm³/mol. The molecule has 19 heavy (non-hydrogen) atoms. The van der Waals surface area contributed by atoms with Crippen LogP contribution in [0.15, 0.2) is 0 Å². The summed E-state index contributed by atoms with van der Waals surface area (Å²) in [6.45, 7) is 8.28. The lowest BCUT2D eigenvalue weighted by Crippen LogP contribution is -2.33. The van der Waals surface area contributed by atoms with Gasteiger partial charge in [-0.3, -0.25) is 4.79 Å². The lowest BCUT2D eigenvalue weighted by molar-refractivity contribution is -0.131. The smallest absolute Gasteiger partial charge is 0.222 e.